The molecule has 0 aromatic carbocycles. The maximum absolute atomic E-state index is 5.81. The van der Waals surface area contributed by atoms with E-state index >= 15 is 0 Å². The van der Waals surface area contributed by atoms with Gasteiger partial charge in [-0.1, -0.05) is 6.42 Å². The van der Waals surface area contributed by atoms with E-state index < -0.39 is 0 Å². The first kappa shape index (κ1) is 13.3. The van der Waals surface area contributed by atoms with Gasteiger partial charge in [-0.05, 0) is 40.2 Å². The lowest BCUT2D eigenvalue weighted by Gasteiger charge is -2.45. The number of piperidine rings is 1. The Morgan fingerprint density at radius 2 is 2.00 bits per heavy atom. The number of rotatable bonds is 4. The molecule has 0 aliphatic carbocycles. The normalized spacial score (nSPS) is 28.1. The van der Waals surface area contributed by atoms with Crippen LogP contribution in [0.4, 0.5) is 0 Å². The van der Waals surface area contributed by atoms with Crippen LogP contribution in [0.1, 0.15) is 40.0 Å². The lowest BCUT2D eigenvalue weighted by molar-refractivity contribution is -0.0516. The van der Waals surface area contributed by atoms with E-state index in [1.807, 2.05) is 0 Å². The number of hydrogen-bond donors (Lipinski definition) is 0. The predicted octanol–water partition coefficient (Wildman–Crippen LogP) is 1.97. The van der Waals surface area contributed by atoms with Gasteiger partial charge in [0.25, 0.3) is 0 Å². The summed E-state index contributed by atoms with van der Waals surface area (Å²) < 4.78 is 5.81. The summed E-state index contributed by atoms with van der Waals surface area (Å²) in [5, 5.41) is 0. The van der Waals surface area contributed by atoms with Crippen molar-refractivity contribution in [2.24, 2.45) is 0 Å². The summed E-state index contributed by atoms with van der Waals surface area (Å²) in [6, 6.07) is 0.815. The molecule has 3 heteroatoms. The van der Waals surface area contributed by atoms with Crippen LogP contribution in [0.3, 0.4) is 0 Å². The van der Waals surface area contributed by atoms with E-state index in [2.05, 4.69) is 30.6 Å². The largest absolute Gasteiger partial charge is 0.375 e. The molecule has 0 amide bonds. The van der Waals surface area contributed by atoms with Crippen molar-refractivity contribution in [3.63, 3.8) is 0 Å². The van der Waals surface area contributed by atoms with Crippen LogP contribution in [0.2, 0.25) is 0 Å². The summed E-state index contributed by atoms with van der Waals surface area (Å²) in [5.74, 6) is 0. The van der Waals surface area contributed by atoms with Gasteiger partial charge >= 0.3 is 0 Å². The molecular formula is C14H28N2O. The Bertz CT molecular complexity index is 242. The molecule has 2 saturated heterocycles. The average molecular weight is 240 g/mol. The highest BCUT2D eigenvalue weighted by molar-refractivity contribution is 4.87. The highest BCUT2D eigenvalue weighted by Gasteiger charge is 2.31. The van der Waals surface area contributed by atoms with Crippen LogP contribution in [0, 0.1) is 0 Å². The molecule has 2 rings (SSSR count). The molecule has 3 nitrogen and oxygen atoms in total. The Morgan fingerprint density at radius 3 is 2.76 bits per heavy atom. The van der Waals surface area contributed by atoms with Crippen molar-refractivity contribution in [2.75, 3.05) is 39.3 Å². The topological polar surface area (TPSA) is 15.7 Å². The van der Waals surface area contributed by atoms with Crippen molar-refractivity contribution in [2.45, 2.75) is 51.7 Å². The van der Waals surface area contributed by atoms with Gasteiger partial charge in [-0.25, -0.2) is 0 Å². The average Bonchev–Trinajstić information content (AvgIpc) is 2.28. The predicted molar refractivity (Wildman–Crippen MR) is 71.4 cm³/mol. The number of hydrogen-bond acceptors (Lipinski definition) is 3. The summed E-state index contributed by atoms with van der Waals surface area (Å²) in [6.07, 6.45) is 4.22. The van der Waals surface area contributed by atoms with Crippen molar-refractivity contribution in [3.05, 3.63) is 0 Å². The third-order valence-corrected chi connectivity index (χ3v) is 4.06. The van der Waals surface area contributed by atoms with E-state index in [4.69, 9.17) is 4.74 Å². The molecule has 2 aliphatic rings. The number of ether oxygens (including phenoxy) is 1. The van der Waals surface area contributed by atoms with Gasteiger partial charge in [-0.15, -0.1) is 0 Å². The first-order valence-corrected chi connectivity index (χ1v) is 7.21. The summed E-state index contributed by atoms with van der Waals surface area (Å²) in [5.41, 5.74) is 0.00554. The fourth-order valence-corrected chi connectivity index (χ4v) is 3.34. The molecule has 0 aromatic heterocycles. The zero-order valence-electron chi connectivity index (χ0n) is 11.7. The smallest absolute Gasteiger partial charge is 0.0752 e. The van der Waals surface area contributed by atoms with Gasteiger partial charge in [0.2, 0.25) is 0 Å². The quantitative estimate of drug-likeness (QED) is 0.747. The van der Waals surface area contributed by atoms with Crippen molar-refractivity contribution in [1.29, 1.82) is 0 Å². The lowest BCUT2D eigenvalue weighted by atomic mass is 9.98. The monoisotopic (exact) mass is 240 g/mol. The molecule has 2 fully saturated rings. The Kier molecular flexibility index (Phi) is 4.45. The second-order valence-corrected chi connectivity index (χ2v) is 6.11. The van der Waals surface area contributed by atoms with Crippen molar-refractivity contribution < 1.29 is 4.74 Å². The third-order valence-electron chi connectivity index (χ3n) is 4.06. The molecule has 0 bridgehead atoms. The molecule has 100 valence electrons. The highest BCUT2D eigenvalue weighted by atomic mass is 16.5. The van der Waals surface area contributed by atoms with Crippen molar-refractivity contribution in [3.8, 4) is 0 Å². The molecular weight excluding hydrogens is 212 g/mol. The minimum atomic E-state index is 0.00554. The van der Waals surface area contributed by atoms with E-state index in [0.29, 0.717) is 0 Å². The number of nitrogens with zero attached hydrogens (tertiary/aromatic N) is 2. The molecule has 17 heavy (non-hydrogen) atoms. The fraction of sp³-hybridized carbons (Fsp3) is 1.00. The maximum atomic E-state index is 5.81. The Morgan fingerprint density at radius 1 is 1.18 bits per heavy atom. The molecule has 2 heterocycles. The van der Waals surface area contributed by atoms with Gasteiger partial charge in [0.05, 0.1) is 5.60 Å². The molecule has 2 aliphatic heterocycles. The van der Waals surface area contributed by atoms with Gasteiger partial charge in [-0.2, -0.15) is 0 Å². The fourth-order valence-electron chi connectivity index (χ4n) is 3.34. The van der Waals surface area contributed by atoms with E-state index in [1.165, 1.54) is 45.4 Å². The molecule has 1 unspecified atom stereocenters. The molecule has 1 atom stereocenters. The van der Waals surface area contributed by atoms with Crippen LogP contribution in [0.25, 0.3) is 0 Å². The summed E-state index contributed by atoms with van der Waals surface area (Å²) in [7, 11) is 0. The van der Waals surface area contributed by atoms with Crippen LogP contribution in [-0.4, -0.2) is 60.8 Å². The zero-order valence-corrected chi connectivity index (χ0v) is 11.7. The molecule has 0 spiro atoms. The van der Waals surface area contributed by atoms with Crippen LogP contribution in [0.15, 0.2) is 0 Å². The number of piperazine rings is 1. The first-order chi connectivity index (χ1) is 8.11. The van der Waals surface area contributed by atoms with Crippen molar-refractivity contribution in [1.82, 2.24) is 9.80 Å². The van der Waals surface area contributed by atoms with Gasteiger partial charge in [0, 0.05) is 38.8 Å². The Hall–Kier alpha value is -0.120. The molecule has 0 aromatic rings. The van der Waals surface area contributed by atoms with Crippen LogP contribution in [0.5, 0.6) is 0 Å². The second-order valence-electron chi connectivity index (χ2n) is 6.11. The van der Waals surface area contributed by atoms with Gasteiger partial charge in [-0.3, -0.25) is 9.80 Å². The van der Waals surface area contributed by atoms with Gasteiger partial charge in [0.1, 0.15) is 0 Å². The van der Waals surface area contributed by atoms with E-state index in [1.54, 1.807) is 0 Å². The summed E-state index contributed by atoms with van der Waals surface area (Å²) in [6.45, 7) is 13.4. The Balaban J connectivity index is 1.83. The molecule has 0 saturated carbocycles. The minimum absolute atomic E-state index is 0.00554. The van der Waals surface area contributed by atoms with Crippen LogP contribution in [-0.2, 0) is 4.74 Å². The van der Waals surface area contributed by atoms with Crippen molar-refractivity contribution >= 4 is 0 Å². The lowest BCUT2D eigenvalue weighted by Crippen LogP contribution is -2.57. The standard InChI is InChI=1S/C14H28N2O/c1-4-17-14(2,3)12-15-9-10-16-8-6-5-7-13(16)11-15/h13H,4-12H2,1-3H3. The van der Waals surface area contributed by atoms with Crippen LogP contribution < -0.4 is 0 Å². The summed E-state index contributed by atoms with van der Waals surface area (Å²) >= 11 is 0. The molecule has 0 radical (unpaired) electrons. The summed E-state index contributed by atoms with van der Waals surface area (Å²) in [4.78, 5) is 5.29. The Labute approximate surface area is 106 Å². The number of fused-ring (bicyclic) bond motifs is 1. The zero-order chi connectivity index (χ0) is 12.3. The van der Waals surface area contributed by atoms with Crippen LogP contribution >= 0.6 is 0 Å². The maximum Gasteiger partial charge on any atom is 0.0752 e. The van der Waals surface area contributed by atoms with Gasteiger partial charge in [0.15, 0.2) is 0 Å². The minimum Gasteiger partial charge on any atom is -0.375 e. The second kappa shape index (κ2) is 5.68. The SMILES string of the molecule is CCOC(C)(C)CN1CCN2CCCCC2C1. The first-order valence-electron chi connectivity index (χ1n) is 7.21. The van der Waals surface area contributed by atoms with E-state index in [0.717, 1.165) is 19.2 Å². The van der Waals surface area contributed by atoms with E-state index in [-0.39, 0.29) is 5.60 Å². The third kappa shape index (κ3) is 3.67. The molecule has 0 N–H and O–H groups in total. The highest BCUT2D eigenvalue weighted by Crippen LogP contribution is 2.22. The van der Waals surface area contributed by atoms with E-state index in [9.17, 15) is 0 Å². The van der Waals surface area contributed by atoms with Gasteiger partial charge < -0.3 is 4.74 Å².